The molecule has 1 aliphatic carbocycles. The van der Waals surface area contributed by atoms with Crippen LogP contribution in [0.25, 0.3) is 0 Å². The lowest BCUT2D eigenvalue weighted by molar-refractivity contribution is -0.113. The Kier molecular flexibility index (Phi) is 3.07. The number of hydrogen-bond donors (Lipinski definition) is 1. The predicted molar refractivity (Wildman–Crippen MR) is 54.0 cm³/mol. The molecule has 0 aliphatic heterocycles. The second-order valence-corrected chi connectivity index (χ2v) is 3.34. The number of hydrogen-bond acceptors (Lipinski definition) is 1. The molecule has 0 fully saturated rings. The second kappa shape index (κ2) is 4.08. The van der Waals surface area contributed by atoms with E-state index in [1.54, 1.807) is 6.08 Å². The van der Waals surface area contributed by atoms with Crippen molar-refractivity contribution in [3.63, 3.8) is 0 Å². The number of allylic oxidation sites excluding steroid dienone is 4. The SMILES string of the molecule is C=CC1=CCCC(C)/C1=C\C(N)=O. The molecule has 70 valence electrons. The Morgan fingerprint density at radius 2 is 2.46 bits per heavy atom. The van der Waals surface area contributed by atoms with Gasteiger partial charge in [0.25, 0.3) is 0 Å². The largest absolute Gasteiger partial charge is 0.366 e. The summed E-state index contributed by atoms with van der Waals surface area (Å²) in [5.74, 6) is 0.0296. The van der Waals surface area contributed by atoms with E-state index in [0.717, 1.165) is 24.0 Å². The summed E-state index contributed by atoms with van der Waals surface area (Å²) in [7, 11) is 0. The molecule has 0 aromatic rings. The summed E-state index contributed by atoms with van der Waals surface area (Å²) in [6, 6.07) is 0. The number of carbonyl (C=O) groups is 1. The summed E-state index contributed by atoms with van der Waals surface area (Å²) in [4.78, 5) is 10.8. The third-order valence-electron chi connectivity index (χ3n) is 2.35. The third-order valence-corrected chi connectivity index (χ3v) is 2.35. The van der Waals surface area contributed by atoms with Crippen LogP contribution in [0.3, 0.4) is 0 Å². The molecular formula is C11H15NO. The smallest absolute Gasteiger partial charge is 0.241 e. The molecule has 1 atom stereocenters. The lowest BCUT2D eigenvalue weighted by Crippen LogP contribution is -2.13. The first kappa shape index (κ1) is 9.78. The summed E-state index contributed by atoms with van der Waals surface area (Å²) >= 11 is 0. The zero-order valence-corrected chi connectivity index (χ0v) is 7.92. The first-order valence-corrected chi connectivity index (χ1v) is 4.49. The minimum atomic E-state index is -0.378. The number of amides is 1. The molecule has 0 aromatic heterocycles. The van der Waals surface area contributed by atoms with Gasteiger partial charge in [0.2, 0.25) is 5.91 Å². The summed E-state index contributed by atoms with van der Waals surface area (Å²) in [6.45, 7) is 5.82. The first-order valence-electron chi connectivity index (χ1n) is 4.49. The van der Waals surface area contributed by atoms with Gasteiger partial charge in [-0.3, -0.25) is 4.79 Å². The van der Waals surface area contributed by atoms with Crippen molar-refractivity contribution < 1.29 is 4.79 Å². The average molecular weight is 177 g/mol. The van der Waals surface area contributed by atoms with Crippen LogP contribution in [0.2, 0.25) is 0 Å². The molecule has 2 heteroatoms. The quantitative estimate of drug-likeness (QED) is 0.643. The minimum absolute atomic E-state index is 0.378. The molecule has 2 nitrogen and oxygen atoms in total. The zero-order valence-electron chi connectivity index (χ0n) is 7.92. The Morgan fingerprint density at radius 1 is 1.77 bits per heavy atom. The summed E-state index contributed by atoms with van der Waals surface area (Å²) in [5, 5.41) is 0. The van der Waals surface area contributed by atoms with E-state index >= 15 is 0 Å². The van der Waals surface area contributed by atoms with Gasteiger partial charge in [-0.15, -0.1) is 0 Å². The number of primary amides is 1. The van der Waals surface area contributed by atoms with Gasteiger partial charge in [-0.1, -0.05) is 25.7 Å². The van der Waals surface area contributed by atoms with Crippen molar-refractivity contribution >= 4 is 5.91 Å². The maximum atomic E-state index is 10.8. The molecule has 0 saturated heterocycles. The zero-order chi connectivity index (χ0) is 9.84. The van der Waals surface area contributed by atoms with Crippen LogP contribution in [0.4, 0.5) is 0 Å². The van der Waals surface area contributed by atoms with Gasteiger partial charge in [0.05, 0.1) is 0 Å². The van der Waals surface area contributed by atoms with Crippen LogP contribution in [0.5, 0.6) is 0 Å². The molecule has 0 bridgehead atoms. The average Bonchev–Trinajstić information content (AvgIpc) is 2.08. The van der Waals surface area contributed by atoms with Crippen molar-refractivity contribution in [3.05, 3.63) is 36.0 Å². The van der Waals surface area contributed by atoms with Crippen LogP contribution in [0, 0.1) is 5.92 Å². The fourth-order valence-corrected chi connectivity index (χ4v) is 1.63. The molecule has 0 heterocycles. The highest BCUT2D eigenvalue weighted by Crippen LogP contribution is 2.29. The van der Waals surface area contributed by atoms with Crippen LogP contribution >= 0.6 is 0 Å². The number of nitrogens with two attached hydrogens (primary N) is 1. The van der Waals surface area contributed by atoms with E-state index in [-0.39, 0.29) is 5.91 Å². The third kappa shape index (κ3) is 2.31. The molecular weight excluding hydrogens is 162 g/mol. The van der Waals surface area contributed by atoms with E-state index in [9.17, 15) is 4.79 Å². The Hall–Kier alpha value is -1.31. The molecule has 1 amide bonds. The summed E-state index contributed by atoms with van der Waals surface area (Å²) < 4.78 is 0. The molecule has 0 spiro atoms. The second-order valence-electron chi connectivity index (χ2n) is 3.34. The van der Waals surface area contributed by atoms with Crippen LogP contribution in [-0.4, -0.2) is 5.91 Å². The van der Waals surface area contributed by atoms with Gasteiger partial charge in [0, 0.05) is 6.08 Å². The molecule has 0 aromatic carbocycles. The van der Waals surface area contributed by atoms with E-state index in [1.165, 1.54) is 6.08 Å². The van der Waals surface area contributed by atoms with E-state index in [1.807, 2.05) is 0 Å². The highest BCUT2D eigenvalue weighted by atomic mass is 16.1. The molecule has 1 aliphatic rings. The van der Waals surface area contributed by atoms with E-state index < -0.39 is 0 Å². The first-order chi connectivity index (χ1) is 6.15. The monoisotopic (exact) mass is 177 g/mol. The van der Waals surface area contributed by atoms with Crippen molar-refractivity contribution in [1.29, 1.82) is 0 Å². The fraction of sp³-hybridized carbons (Fsp3) is 0.364. The molecule has 2 N–H and O–H groups in total. The van der Waals surface area contributed by atoms with Crippen molar-refractivity contribution in [1.82, 2.24) is 0 Å². The standard InChI is InChI=1S/C11H15NO/c1-3-9-6-4-5-8(2)10(9)7-11(12)13/h3,6-8H,1,4-5H2,2H3,(H2,12,13)/b10-7+. The van der Waals surface area contributed by atoms with Gasteiger partial charge in [0.1, 0.15) is 0 Å². The topological polar surface area (TPSA) is 43.1 Å². The molecule has 1 unspecified atom stereocenters. The Balaban J connectivity index is 3.00. The molecule has 13 heavy (non-hydrogen) atoms. The van der Waals surface area contributed by atoms with Gasteiger partial charge in [-0.2, -0.15) is 0 Å². The van der Waals surface area contributed by atoms with Crippen LogP contribution in [-0.2, 0) is 4.79 Å². The van der Waals surface area contributed by atoms with Crippen molar-refractivity contribution in [2.45, 2.75) is 19.8 Å². The minimum Gasteiger partial charge on any atom is -0.366 e. The lowest BCUT2D eigenvalue weighted by Gasteiger charge is -2.20. The Labute approximate surface area is 78.8 Å². The Bertz CT molecular complexity index is 286. The number of rotatable bonds is 2. The lowest BCUT2D eigenvalue weighted by atomic mass is 9.84. The highest BCUT2D eigenvalue weighted by Gasteiger charge is 2.15. The molecule has 1 rings (SSSR count). The molecule has 0 saturated carbocycles. The van der Waals surface area contributed by atoms with Crippen LogP contribution < -0.4 is 5.73 Å². The Morgan fingerprint density at radius 3 is 3.00 bits per heavy atom. The van der Waals surface area contributed by atoms with Crippen LogP contribution in [0.1, 0.15) is 19.8 Å². The van der Waals surface area contributed by atoms with Gasteiger partial charge >= 0.3 is 0 Å². The van der Waals surface area contributed by atoms with E-state index in [4.69, 9.17) is 5.73 Å². The highest BCUT2D eigenvalue weighted by molar-refractivity contribution is 5.87. The maximum absolute atomic E-state index is 10.8. The van der Waals surface area contributed by atoms with Crippen molar-refractivity contribution in [2.24, 2.45) is 11.7 Å². The van der Waals surface area contributed by atoms with Gasteiger partial charge in [-0.25, -0.2) is 0 Å². The fourth-order valence-electron chi connectivity index (χ4n) is 1.63. The van der Waals surface area contributed by atoms with Crippen LogP contribution in [0.15, 0.2) is 36.0 Å². The van der Waals surface area contributed by atoms with E-state index in [2.05, 4.69) is 19.6 Å². The normalized spacial score (nSPS) is 25.5. The predicted octanol–water partition coefficient (Wildman–Crippen LogP) is 1.94. The molecule has 0 radical (unpaired) electrons. The van der Waals surface area contributed by atoms with Gasteiger partial charge < -0.3 is 5.73 Å². The summed E-state index contributed by atoms with van der Waals surface area (Å²) in [5.41, 5.74) is 7.20. The van der Waals surface area contributed by atoms with Crippen molar-refractivity contribution in [2.75, 3.05) is 0 Å². The van der Waals surface area contributed by atoms with E-state index in [0.29, 0.717) is 5.92 Å². The van der Waals surface area contributed by atoms with Gasteiger partial charge in [0.15, 0.2) is 0 Å². The van der Waals surface area contributed by atoms with Gasteiger partial charge in [-0.05, 0) is 29.9 Å². The number of carbonyl (C=O) groups excluding carboxylic acids is 1. The maximum Gasteiger partial charge on any atom is 0.241 e. The van der Waals surface area contributed by atoms with Crippen molar-refractivity contribution in [3.8, 4) is 0 Å². The summed E-state index contributed by atoms with van der Waals surface area (Å²) in [6.07, 6.45) is 7.53.